The highest BCUT2D eigenvalue weighted by Gasteiger charge is 2.30. The summed E-state index contributed by atoms with van der Waals surface area (Å²) in [6.45, 7) is 7.26. The Balaban J connectivity index is 5.15. The van der Waals surface area contributed by atoms with Crippen LogP contribution in [0.25, 0.3) is 0 Å². The molecule has 546 valence electrons. The van der Waals surface area contributed by atoms with Gasteiger partial charge in [0, 0.05) is 25.7 Å². The third kappa shape index (κ3) is 66.7. The van der Waals surface area contributed by atoms with E-state index in [1.807, 2.05) is 0 Å². The molecule has 0 rings (SSSR count). The number of aliphatic hydroxyl groups is 1. The van der Waals surface area contributed by atoms with Crippen LogP contribution in [0, 0.1) is 5.92 Å². The molecule has 0 aromatic heterocycles. The molecule has 0 aliphatic rings. The van der Waals surface area contributed by atoms with Crippen molar-refractivity contribution in [2.24, 2.45) is 5.92 Å². The number of carbonyl (C=O) groups excluding carboxylic acids is 4. The van der Waals surface area contributed by atoms with Crippen LogP contribution >= 0.6 is 15.6 Å². The lowest BCUT2D eigenvalue weighted by Crippen LogP contribution is -2.30. The van der Waals surface area contributed by atoms with Gasteiger partial charge in [-0.1, -0.05) is 330 Å². The minimum absolute atomic E-state index is 0.106. The summed E-state index contributed by atoms with van der Waals surface area (Å²) in [6.07, 6.45) is 54.2. The SMILES string of the molecule is CCCCCCCCCCCCCCCCC(=O)OC[C@H](COP(=O)(O)OC[C@@H](O)COP(=O)(O)OC[C@@H](COC(=O)CCCCCCCCCC)OC(=O)CCCCCCCCCCC)OC(=O)CCCCCCCCCCCCCCCCCCCCC(C)C. The predicted molar refractivity (Wildman–Crippen MR) is 372 cm³/mol. The number of rotatable bonds is 73. The summed E-state index contributed by atoms with van der Waals surface area (Å²) in [7, 11) is -9.90. The van der Waals surface area contributed by atoms with Crippen molar-refractivity contribution in [1.82, 2.24) is 0 Å². The van der Waals surface area contributed by atoms with E-state index in [0.29, 0.717) is 25.7 Å². The summed E-state index contributed by atoms with van der Waals surface area (Å²) in [5.74, 6) is -1.30. The molecule has 0 saturated heterocycles. The van der Waals surface area contributed by atoms with E-state index in [2.05, 4.69) is 34.6 Å². The van der Waals surface area contributed by atoms with Gasteiger partial charge in [0.1, 0.15) is 19.3 Å². The number of esters is 4. The second-order valence-corrected chi connectivity index (χ2v) is 29.7. The first kappa shape index (κ1) is 90.1. The van der Waals surface area contributed by atoms with Crippen LogP contribution in [-0.4, -0.2) is 96.7 Å². The minimum atomic E-state index is -4.95. The lowest BCUT2D eigenvalue weighted by atomic mass is 10.0. The highest BCUT2D eigenvalue weighted by Crippen LogP contribution is 2.45. The van der Waals surface area contributed by atoms with Crippen molar-refractivity contribution >= 4 is 39.5 Å². The van der Waals surface area contributed by atoms with Crippen molar-refractivity contribution < 1.29 is 80.2 Å². The number of ether oxygens (including phenoxy) is 4. The molecule has 0 aromatic rings. The molecule has 0 radical (unpaired) electrons. The summed E-state index contributed by atoms with van der Waals surface area (Å²) < 4.78 is 68.3. The van der Waals surface area contributed by atoms with Crippen molar-refractivity contribution in [2.75, 3.05) is 39.6 Å². The molecule has 92 heavy (non-hydrogen) atoms. The summed E-state index contributed by atoms with van der Waals surface area (Å²) in [5, 5.41) is 10.6. The number of hydrogen-bond donors (Lipinski definition) is 3. The van der Waals surface area contributed by atoms with Crippen LogP contribution in [0.15, 0.2) is 0 Å². The van der Waals surface area contributed by atoms with Gasteiger partial charge in [0.2, 0.25) is 0 Å². The Labute approximate surface area is 562 Å². The first-order chi connectivity index (χ1) is 44.5. The van der Waals surface area contributed by atoms with Crippen LogP contribution in [0.3, 0.4) is 0 Å². The summed E-state index contributed by atoms with van der Waals surface area (Å²) >= 11 is 0. The average Bonchev–Trinajstić information content (AvgIpc) is 3.13. The molecule has 3 N–H and O–H groups in total. The van der Waals surface area contributed by atoms with E-state index >= 15 is 0 Å². The molecule has 0 spiro atoms. The van der Waals surface area contributed by atoms with Crippen molar-refractivity contribution in [2.45, 2.75) is 400 Å². The molecule has 2 unspecified atom stereocenters. The van der Waals surface area contributed by atoms with Crippen LogP contribution in [0.2, 0.25) is 0 Å². The Morgan fingerprint density at radius 3 is 0.739 bits per heavy atom. The van der Waals surface area contributed by atoms with Gasteiger partial charge in [-0.25, -0.2) is 9.13 Å². The Hall–Kier alpha value is -1.94. The number of hydrogen-bond acceptors (Lipinski definition) is 15. The van der Waals surface area contributed by atoms with E-state index in [0.717, 1.165) is 102 Å². The van der Waals surface area contributed by atoms with Gasteiger partial charge < -0.3 is 33.8 Å². The zero-order valence-electron chi connectivity index (χ0n) is 59.7. The number of carbonyl (C=O) groups is 4. The van der Waals surface area contributed by atoms with Crippen LogP contribution in [0.1, 0.15) is 381 Å². The molecular formula is C73H142O17P2. The normalized spacial score (nSPS) is 14.0. The molecule has 17 nitrogen and oxygen atoms in total. The highest BCUT2D eigenvalue weighted by molar-refractivity contribution is 7.47. The number of phosphoric ester groups is 2. The Morgan fingerprint density at radius 1 is 0.293 bits per heavy atom. The molecule has 0 bridgehead atoms. The molecule has 19 heteroatoms. The zero-order chi connectivity index (χ0) is 67.7. The predicted octanol–water partition coefficient (Wildman–Crippen LogP) is 21.3. The monoisotopic (exact) mass is 1350 g/mol. The Bertz CT molecular complexity index is 1770. The fourth-order valence-electron chi connectivity index (χ4n) is 11.2. The van der Waals surface area contributed by atoms with Crippen molar-refractivity contribution in [3.05, 3.63) is 0 Å². The van der Waals surface area contributed by atoms with E-state index in [9.17, 15) is 43.2 Å². The van der Waals surface area contributed by atoms with E-state index in [4.69, 9.17) is 37.0 Å². The topological polar surface area (TPSA) is 237 Å². The highest BCUT2D eigenvalue weighted by atomic mass is 31.2. The fraction of sp³-hybridized carbons (Fsp3) is 0.945. The molecule has 0 aromatic carbocycles. The maximum atomic E-state index is 13.1. The largest absolute Gasteiger partial charge is 0.472 e. The van der Waals surface area contributed by atoms with Gasteiger partial charge in [-0.2, -0.15) is 0 Å². The van der Waals surface area contributed by atoms with Crippen LogP contribution in [0.4, 0.5) is 0 Å². The van der Waals surface area contributed by atoms with Gasteiger partial charge in [-0.3, -0.25) is 37.3 Å². The standard InChI is InChI=1S/C73H142O17P2/c1-6-9-12-15-18-21-22-23-31-34-38-42-47-52-57-71(76)84-63-69(90-73(78)59-54-49-44-39-35-32-29-27-25-24-26-28-30-33-37-40-45-50-55-66(4)5)65-88-92(81,82)86-61-67(74)60-85-91(79,80)87-64-68(62-83-70(75)56-51-46-41-20-17-14-11-8-3)89-72(77)58-53-48-43-36-19-16-13-10-7-2/h66-69,74H,6-65H2,1-5H3,(H,79,80)(H,81,82)/t67-,68+,69+/m0/s1. The van der Waals surface area contributed by atoms with Crippen molar-refractivity contribution in [3.63, 3.8) is 0 Å². The van der Waals surface area contributed by atoms with E-state index in [1.54, 1.807) is 0 Å². The fourth-order valence-corrected chi connectivity index (χ4v) is 12.8. The number of aliphatic hydroxyl groups excluding tert-OH is 1. The summed E-state index contributed by atoms with van der Waals surface area (Å²) in [5.41, 5.74) is 0. The molecular weight excluding hydrogens is 1210 g/mol. The van der Waals surface area contributed by atoms with Crippen LogP contribution in [-0.2, 0) is 65.4 Å². The summed E-state index contributed by atoms with van der Waals surface area (Å²) in [4.78, 5) is 72.5. The second-order valence-electron chi connectivity index (χ2n) is 26.8. The van der Waals surface area contributed by atoms with Gasteiger partial charge in [0.25, 0.3) is 0 Å². The third-order valence-electron chi connectivity index (χ3n) is 17.0. The Morgan fingerprint density at radius 2 is 0.500 bits per heavy atom. The maximum absolute atomic E-state index is 13.1. The molecule has 5 atom stereocenters. The lowest BCUT2D eigenvalue weighted by Gasteiger charge is -2.21. The van der Waals surface area contributed by atoms with Gasteiger partial charge in [0.05, 0.1) is 26.4 Å². The molecule has 0 aliphatic heterocycles. The molecule has 0 aliphatic carbocycles. The van der Waals surface area contributed by atoms with Crippen molar-refractivity contribution in [1.29, 1.82) is 0 Å². The molecule has 0 fully saturated rings. The van der Waals surface area contributed by atoms with E-state index in [-0.39, 0.29) is 25.7 Å². The Kier molecular flexibility index (Phi) is 64.9. The number of unbranched alkanes of at least 4 members (excludes halogenated alkanes) is 45. The van der Waals surface area contributed by atoms with Gasteiger partial charge >= 0.3 is 39.5 Å². The maximum Gasteiger partial charge on any atom is 0.472 e. The minimum Gasteiger partial charge on any atom is -0.462 e. The van der Waals surface area contributed by atoms with E-state index < -0.39 is 97.5 Å². The molecule has 0 heterocycles. The van der Waals surface area contributed by atoms with Gasteiger partial charge in [-0.05, 0) is 31.6 Å². The third-order valence-corrected chi connectivity index (χ3v) is 18.9. The van der Waals surface area contributed by atoms with Crippen LogP contribution in [0.5, 0.6) is 0 Å². The first-order valence-corrected chi connectivity index (χ1v) is 41.1. The zero-order valence-corrected chi connectivity index (χ0v) is 61.5. The van der Waals surface area contributed by atoms with Crippen LogP contribution < -0.4 is 0 Å². The van der Waals surface area contributed by atoms with Crippen molar-refractivity contribution in [3.8, 4) is 0 Å². The quantitative estimate of drug-likeness (QED) is 0.0222. The average molecular weight is 1350 g/mol. The second kappa shape index (κ2) is 66.3. The number of phosphoric acid groups is 2. The smallest absolute Gasteiger partial charge is 0.462 e. The summed E-state index contributed by atoms with van der Waals surface area (Å²) in [6, 6.07) is 0. The van der Waals surface area contributed by atoms with E-state index in [1.165, 1.54) is 199 Å². The van der Waals surface area contributed by atoms with Gasteiger partial charge in [-0.15, -0.1) is 0 Å². The molecule has 0 amide bonds. The first-order valence-electron chi connectivity index (χ1n) is 38.1. The lowest BCUT2D eigenvalue weighted by molar-refractivity contribution is -0.161. The molecule has 0 saturated carbocycles. The van der Waals surface area contributed by atoms with Gasteiger partial charge in [0.15, 0.2) is 12.2 Å².